The topological polar surface area (TPSA) is 20.2 Å². The predicted molar refractivity (Wildman–Crippen MR) is 39.6 cm³/mol. The average molecular weight is 144 g/mol. The Kier molecular flexibility index (Phi) is 1.27. The van der Waals surface area contributed by atoms with Gasteiger partial charge < -0.3 is 5.11 Å². The highest BCUT2D eigenvalue weighted by molar-refractivity contribution is 7.99. The fourth-order valence-corrected chi connectivity index (χ4v) is 2.89. The predicted octanol–water partition coefficient (Wildman–Crippen LogP) is 1.26. The fourth-order valence-electron chi connectivity index (χ4n) is 1.51. The van der Waals surface area contributed by atoms with Crippen molar-refractivity contribution in [2.24, 2.45) is 5.92 Å². The summed E-state index contributed by atoms with van der Waals surface area (Å²) in [5.74, 6) is 2.84. The first-order valence-electron chi connectivity index (χ1n) is 3.61. The lowest BCUT2D eigenvalue weighted by Gasteiger charge is -2.19. The van der Waals surface area contributed by atoms with Crippen LogP contribution in [0, 0.1) is 5.92 Å². The molecule has 0 spiro atoms. The third kappa shape index (κ3) is 0.987. The Morgan fingerprint density at radius 3 is 2.67 bits per heavy atom. The van der Waals surface area contributed by atoms with Gasteiger partial charge in [-0.1, -0.05) is 0 Å². The lowest BCUT2D eigenvalue weighted by Crippen LogP contribution is -2.30. The van der Waals surface area contributed by atoms with Gasteiger partial charge in [0.25, 0.3) is 0 Å². The van der Waals surface area contributed by atoms with Crippen molar-refractivity contribution in [2.75, 3.05) is 11.5 Å². The molecule has 2 rings (SSSR count). The maximum absolute atomic E-state index is 9.81. The molecule has 1 N–H and O–H groups in total. The van der Waals surface area contributed by atoms with Crippen molar-refractivity contribution in [2.45, 2.75) is 24.9 Å². The highest BCUT2D eigenvalue weighted by atomic mass is 32.2. The number of hydrogen-bond acceptors (Lipinski definition) is 2. The van der Waals surface area contributed by atoms with Gasteiger partial charge in [-0.25, -0.2) is 0 Å². The van der Waals surface area contributed by atoms with E-state index in [4.69, 9.17) is 0 Å². The molecule has 1 saturated heterocycles. The van der Waals surface area contributed by atoms with Crippen molar-refractivity contribution >= 4 is 11.8 Å². The Morgan fingerprint density at radius 2 is 2.22 bits per heavy atom. The van der Waals surface area contributed by atoms with Crippen molar-refractivity contribution in [3.05, 3.63) is 0 Å². The van der Waals surface area contributed by atoms with Crippen LogP contribution in [0.5, 0.6) is 0 Å². The zero-order valence-corrected chi connectivity index (χ0v) is 6.28. The van der Waals surface area contributed by atoms with Crippen LogP contribution in [-0.4, -0.2) is 22.2 Å². The van der Waals surface area contributed by atoms with Gasteiger partial charge in [0.05, 0.1) is 5.60 Å². The van der Waals surface area contributed by atoms with Crippen LogP contribution in [0.2, 0.25) is 0 Å². The largest absolute Gasteiger partial charge is 0.389 e. The van der Waals surface area contributed by atoms with Gasteiger partial charge in [0.2, 0.25) is 0 Å². The second kappa shape index (κ2) is 1.89. The van der Waals surface area contributed by atoms with Gasteiger partial charge in [-0.15, -0.1) is 0 Å². The molecule has 1 atom stereocenters. The molecule has 2 heteroatoms. The van der Waals surface area contributed by atoms with Gasteiger partial charge in [-0.05, 0) is 30.9 Å². The van der Waals surface area contributed by atoms with Crippen molar-refractivity contribution in [1.29, 1.82) is 0 Å². The van der Waals surface area contributed by atoms with Crippen molar-refractivity contribution in [1.82, 2.24) is 0 Å². The second-order valence-electron chi connectivity index (χ2n) is 3.18. The number of thioether (sulfide) groups is 1. The van der Waals surface area contributed by atoms with E-state index in [1.54, 1.807) is 0 Å². The number of aliphatic hydroxyl groups is 1. The van der Waals surface area contributed by atoms with Gasteiger partial charge in [-0.3, -0.25) is 0 Å². The Morgan fingerprint density at radius 1 is 1.44 bits per heavy atom. The standard InChI is InChI=1S/C7H12OS/c8-7(6-1-2-6)3-4-9-5-7/h6,8H,1-5H2. The van der Waals surface area contributed by atoms with Crippen molar-refractivity contribution < 1.29 is 5.11 Å². The third-order valence-corrected chi connectivity index (χ3v) is 3.57. The van der Waals surface area contributed by atoms with E-state index >= 15 is 0 Å². The van der Waals surface area contributed by atoms with E-state index in [2.05, 4.69) is 0 Å². The minimum absolute atomic E-state index is 0.231. The molecule has 2 fully saturated rings. The monoisotopic (exact) mass is 144 g/mol. The SMILES string of the molecule is OC1(C2CC2)CCSC1. The van der Waals surface area contributed by atoms with Crippen LogP contribution in [-0.2, 0) is 0 Å². The Bertz CT molecular complexity index is 114. The molecule has 0 aromatic carbocycles. The maximum atomic E-state index is 9.81. The van der Waals surface area contributed by atoms with E-state index < -0.39 is 0 Å². The van der Waals surface area contributed by atoms with E-state index in [0.717, 1.165) is 12.2 Å². The molecule has 52 valence electrons. The molecule has 0 bridgehead atoms. The van der Waals surface area contributed by atoms with E-state index in [1.165, 1.54) is 18.6 Å². The van der Waals surface area contributed by atoms with Crippen LogP contribution in [0.1, 0.15) is 19.3 Å². The fraction of sp³-hybridized carbons (Fsp3) is 1.00. The summed E-state index contributed by atoms with van der Waals surface area (Å²) in [7, 11) is 0. The molecular weight excluding hydrogens is 132 g/mol. The first-order chi connectivity index (χ1) is 4.31. The number of rotatable bonds is 1. The summed E-state index contributed by atoms with van der Waals surface area (Å²) in [5.41, 5.74) is -0.231. The van der Waals surface area contributed by atoms with Crippen LogP contribution in [0.3, 0.4) is 0 Å². The van der Waals surface area contributed by atoms with E-state index in [-0.39, 0.29) is 5.60 Å². The molecular formula is C7H12OS. The third-order valence-electron chi connectivity index (χ3n) is 2.37. The van der Waals surface area contributed by atoms with Gasteiger partial charge in [0.1, 0.15) is 0 Å². The summed E-state index contributed by atoms with van der Waals surface area (Å²) in [4.78, 5) is 0. The lowest BCUT2D eigenvalue weighted by atomic mass is 9.98. The van der Waals surface area contributed by atoms with Crippen LogP contribution in [0.4, 0.5) is 0 Å². The van der Waals surface area contributed by atoms with Gasteiger partial charge in [0, 0.05) is 5.75 Å². The normalized spacial score (nSPS) is 43.7. The molecule has 1 aliphatic heterocycles. The van der Waals surface area contributed by atoms with E-state index in [9.17, 15) is 5.11 Å². The summed E-state index contributed by atoms with van der Waals surface area (Å²) in [5, 5.41) is 9.81. The summed E-state index contributed by atoms with van der Waals surface area (Å²) in [6.45, 7) is 0. The van der Waals surface area contributed by atoms with Gasteiger partial charge in [0.15, 0.2) is 0 Å². The lowest BCUT2D eigenvalue weighted by molar-refractivity contribution is 0.0449. The van der Waals surface area contributed by atoms with Crippen molar-refractivity contribution in [3.8, 4) is 0 Å². The van der Waals surface area contributed by atoms with Crippen LogP contribution in [0.25, 0.3) is 0 Å². The molecule has 9 heavy (non-hydrogen) atoms. The smallest absolute Gasteiger partial charge is 0.0773 e. The Hall–Kier alpha value is 0.310. The molecule has 0 amide bonds. The molecule has 1 heterocycles. The van der Waals surface area contributed by atoms with Gasteiger partial charge >= 0.3 is 0 Å². The molecule has 0 radical (unpaired) electrons. The summed E-state index contributed by atoms with van der Waals surface area (Å²) in [6.07, 6.45) is 3.59. The molecule has 1 unspecified atom stereocenters. The van der Waals surface area contributed by atoms with E-state index in [1.807, 2.05) is 11.8 Å². The molecule has 2 aliphatic rings. The molecule has 1 aliphatic carbocycles. The average Bonchev–Trinajstić information content (AvgIpc) is 2.60. The Labute approximate surface area is 59.8 Å². The molecule has 0 aromatic heterocycles. The van der Waals surface area contributed by atoms with Gasteiger partial charge in [-0.2, -0.15) is 11.8 Å². The quantitative estimate of drug-likeness (QED) is 0.598. The van der Waals surface area contributed by atoms with Crippen LogP contribution < -0.4 is 0 Å². The molecule has 1 nitrogen and oxygen atoms in total. The summed E-state index contributed by atoms with van der Waals surface area (Å²) in [6, 6.07) is 0. The molecule has 0 aromatic rings. The highest BCUT2D eigenvalue weighted by Crippen LogP contribution is 2.46. The number of hydrogen-bond donors (Lipinski definition) is 1. The highest BCUT2D eigenvalue weighted by Gasteiger charge is 2.45. The zero-order chi connectivity index (χ0) is 6.32. The van der Waals surface area contributed by atoms with Crippen LogP contribution >= 0.6 is 11.8 Å². The first-order valence-corrected chi connectivity index (χ1v) is 4.77. The van der Waals surface area contributed by atoms with Crippen LogP contribution in [0.15, 0.2) is 0 Å². The minimum Gasteiger partial charge on any atom is -0.389 e. The maximum Gasteiger partial charge on any atom is 0.0773 e. The second-order valence-corrected chi connectivity index (χ2v) is 4.29. The summed E-state index contributed by atoms with van der Waals surface area (Å²) < 4.78 is 0. The zero-order valence-electron chi connectivity index (χ0n) is 5.47. The summed E-state index contributed by atoms with van der Waals surface area (Å²) >= 11 is 1.90. The minimum atomic E-state index is -0.231. The van der Waals surface area contributed by atoms with Crippen molar-refractivity contribution in [3.63, 3.8) is 0 Å². The Balaban J connectivity index is 2.02. The first kappa shape index (κ1) is 6.05. The molecule has 1 saturated carbocycles. The van der Waals surface area contributed by atoms with E-state index in [0.29, 0.717) is 5.92 Å².